The summed E-state index contributed by atoms with van der Waals surface area (Å²) in [5.74, 6) is 4.47. The van der Waals surface area contributed by atoms with Gasteiger partial charge in [0.05, 0.1) is 12.0 Å². The highest BCUT2D eigenvalue weighted by Gasteiger charge is 2.53. The van der Waals surface area contributed by atoms with Crippen LogP contribution >= 0.6 is 11.8 Å². The van der Waals surface area contributed by atoms with Crippen molar-refractivity contribution in [2.75, 3.05) is 5.75 Å². The van der Waals surface area contributed by atoms with Crippen LogP contribution in [0, 0.1) is 30.1 Å². The molecule has 0 aromatic carbocycles. The van der Waals surface area contributed by atoms with Crippen LogP contribution < -0.4 is 5.32 Å². The number of hydrogen-bond donors (Lipinski definition) is 1. The van der Waals surface area contributed by atoms with E-state index in [9.17, 15) is 4.79 Å². The lowest BCUT2D eigenvalue weighted by Gasteiger charge is -2.59. The molecule has 6 rings (SSSR count). The molecular weight excluding hydrogens is 408 g/mol. The first-order chi connectivity index (χ1) is 15.0. The van der Waals surface area contributed by atoms with Gasteiger partial charge in [0.2, 0.25) is 11.7 Å². The first kappa shape index (κ1) is 20.9. The van der Waals surface area contributed by atoms with Crippen molar-refractivity contribution in [2.45, 2.75) is 70.1 Å². The lowest BCUT2D eigenvalue weighted by molar-refractivity contribution is -0.123. The smallest absolute Gasteiger partial charge is 0.230 e. The van der Waals surface area contributed by atoms with E-state index in [-0.39, 0.29) is 11.9 Å². The molecule has 4 saturated carbocycles. The number of hydrogen-bond acceptors (Lipinski definition) is 5. The standard InChI is InChI=1S/C24H32N4O2S/c1-4-6-28-22(21-15(2)5-7-30-21)26-27-23(28)31-14-20(29)25-16(3)24-11-17-8-18(12-24)10-19(9-17)13-24/h4-5,7,16-19H,1,6,8-14H2,2-3H3,(H,25,29)/t16-,17?,18?,19?,24?/m0/s1. The van der Waals surface area contributed by atoms with Gasteiger partial charge in [-0.15, -0.1) is 16.8 Å². The lowest BCUT2D eigenvalue weighted by atomic mass is 9.48. The lowest BCUT2D eigenvalue weighted by Crippen LogP contribution is -2.56. The topological polar surface area (TPSA) is 73.0 Å². The Bertz CT molecular complexity index is 943. The molecule has 4 aliphatic rings. The fraction of sp³-hybridized carbons (Fsp3) is 0.625. The number of rotatable bonds is 8. The van der Waals surface area contributed by atoms with E-state index in [0.29, 0.717) is 34.5 Å². The number of furan rings is 1. The minimum atomic E-state index is 0.0807. The van der Waals surface area contributed by atoms with Crippen molar-refractivity contribution in [2.24, 2.45) is 23.2 Å². The van der Waals surface area contributed by atoms with Crippen LogP contribution in [-0.4, -0.2) is 32.5 Å². The van der Waals surface area contributed by atoms with Crippen LogP contribution in [0.4, 0.5) is 0 Å². The van der Waals surface area contributed by atoms with E-state index in [0.717, 1.165) is 23.3 Å². The van der Waals surface area contributed by atoms with Gasteiger partial charge >= 0.3 is 0 Å². The number of thioether (sulfide) groups is 1. The van der Waals surface area contributed by atoms with Gasteiger partial charge < -0.3 is 9.73 Å². The van der Waals surface area contributed by atoms with Crippen molar-refractivity contribution in [3.8, 4) is 11.6 Å². The highest BCUT2D eigenvalue weighted by Crippen LogP contribution is 2.61. The third-order valence-corrected chi connectivity index (χ3v) is 8.77. The van der Waals surface area contributed by atoms with Crippen molar-refractivity contribution in [3.63, 3.8) is 0 Å². The zero-order chi connectivity index (χ0) is 21.6. The van der Waals surface area contributed by atoms with Gasteiger partial charge in [-0.1, -0.05) is 17.8 Å². The van der Waals surface area contributed by atoms with Gasteiger partial charge in [0, 0.05) is 12.6 Å². The van der Waals surface area contributed by atoms with Crippen LogP contribution in [-0.2, 0) is 11.3 Å². The largest absolute Gasteiger partial charge is 0.461 e. The second-order valence-corrected chi connectivity index (χ2v) is 10.9. The Kier molecular flexibility index (Phi) is 5.49. The molecule has 1 N–H and O–H groups in total. The molecule has 4 bridgehead atoms. The minimum absolute atomic E-state index is 0.0807. The van der Waals surface area contributed by atoms with Gasteiger partial charge in [-0.25, -0.2) is 0 Å². The number of aromatic nitrogens is 3. The number of carbonyl (C=O) groups excluding carboxylic acids is 1. The van der Waals surface area contributed by atoms with Crippen LogP contribution in [0.3, 0.4) is 0 Å². The summed E-state index contributed by atoms with van der Waals surface area (Å²) < 4.78 is 7.56. The van der Waals surface area contributed by atoms with E-state index in [4.69, 9.17) is 4.42 Å². The summed E-state index contributed by atoms with van der Waals surface area (Å²) in [5, 5.41) is 12.7. The molecule has 0 aliphatic heterocycles. The van der Waals surface area contributed by atoms with Crippen LogP contribution in [0.5, 0.6) is 0 Å². The highest BCUT2D eigenvalue weighted by atomic mass is 32.2. The van der Waals surface area contributed by atoms with Crippen LogP contribution in [0.1, 0.15) is 51.0 Å². The average molecular weight is 441 g/mol. The SMILES string of the molecule is C=CCn1c(SCC(=O)N[C@@H](C)C23CC4CC(CC(C4)C2)C3)nnc1-c1occc1C. The summed E-state index contributed by atoms with van der Waals surface area (Å²) in [6, 6.07) is 2.15. The molecule has 7 heteroatoms. The molecule has 1 amide bonds. The Morgan fingerprint density at radius 1 is 1.32 bits per heavy atom. The van der Waals surface area contributed by atoms with E-state index >= 15 is 0 Å². The molecule has 0 unspecified atom stereocenters. The van der Waals surface area contributed by atoms with Gasteiger partial charge in [0.1, 0.15) is 0 Å². The zero-order valence-electron chi connectivity index (χ0n) is 18.5. The van der Waals surface area contributed by atoms with Crippen molar-refractivity contribution in [1.82, 2.24) is 20.1 Å². The van der Waals surface area contributed by atoms with Crippen molar-refractivity contribution >= 4 is 17.7 Å². The van der Waals surface area contributed by atoms with Gasteiger partial charge in [0.15, 0.2) is 10.9 Å². The maximum absolute atomic E-state index is 12.9. The Morgan fingerprint density at radius 3 is 2.58 bits per heavy atom. The number of allylic oxidation sites excluding steroid dienone is 1. The highest BCUT2D eigenvalue weighted by molar-refractivity contribution is 7.99. The third-order valence-electron chi connectivity index (χ3n) is 7.81. The monoisotopic (exact) mass is 440 g/mol. The summed E-state index contributed by atoms with van der Waals surface area (Å²) in [4.78, 5) is 12.9. The fourth-order valence-electron chi connectivity index (χ4n) is 6.73. The average Bonchev–Trinajstić information content (AvgIpc) is 3.31. The molecule has 4 aliphatic carbocycles. The molecule has 2 heterocycles. The first-order valence-corrected chi connectivity index (χ1v) is 12.5. The molecule has 0 radical (unpaired) electrons. The number of amides is 1. The molecule has 31 heavy (non-hydrogen) atoms. The van der Waals surface area contributed by atoms with Crippen LogP contribution in [0.2, 0.25) is 0 Å². The molecule has 6 nitrogen and oxygen atoms in total. The van der Waals surface area contributed by atoms with Crippen LogP contribution in [0.25, 0.3) is 11.6 Å². The molecule has 0 saturated heterocycles. The molecule has 1 atom stereocenters. The van der Waals surface area contributed by atoms with Crippen LogP contribution in [0.15, 0.2) is 34.6 Å². The minimum Gasteiger partial charge on any atom is -0.461 e. The van der Waals surface area contributed by atoms with E-state index in [2.05, 4.69) is 29.0 Å². The van der Waals surface area contributed by atoms with Gasteiger partial charge in [-0.05, 0) is 87.2 Å². The van der Waals surface area contributed by atoms with Crippen molar-refractivity contribution < 1.29 is 9.21 Å². The number of nitrogens with zero attached hydrogens (tertiary/aromatic N) is 3. The zero-order valence-corrected chi connectivity index (χ0v) is 19.3. The van der Waals surface area contributed by atoms with E-state index < -0.39 is 0 Å². The molecule has 2 aromatic rings. The predicted molar refractivity (Wildman–Crippen MR) is 122 cm³/mol. The van der Waals surface area contributed by atoms with Crippen molar-refractivity contribution in [1.29, 1.82) is 0 Å². The second kappa shape index (κ2) is 8.15. The molecule has 4 fully saturated rings. The quantitative estimate of drug-likeness (QED) is 0.469. The molecule has 0 spiro atoms. The van der Waals surface area contributed by atoms with E-state index in [1.54, 1.807) is 6.26 Å². The Labute approximate surface area is 188 Å². The Balaban J connectivity index is 1.23. The Hall–Kier alpha value is -2.02. The predicted octanol–water partition coefficient (Wildman–Crippen LogP) is 4.85. The maximum Gasteiger partial charge on any atom is 0.230 e. The molecular formula is C24H32N4O2S. The normalized spacial score (nSPS) is 29.8. The second-order valence-electron chi connectivity index (χ2n) is 10.00. The summed E-state index contributed by atoms with van der Waals surface area (Å²) in [5.41, 5.74) is 1.33. The number of nitrogens with one attached hydrogen (secondary N) is 1. The third kappa shape index (κ3) is 3.86. The van der Waals surface area contributed by atoms with Gasteiger partial charge in [-0.2, -0.15) is 0 Å². The Morgan fingerprint density at radius 2 is 2.00 bits per heavy atom. The van der Waals surface area contributed by atoms with E-state index in [1.165, 1.54) is 50.3 Å². The van der Waals surface area contributed by atoms with Gasteiger partial charge in [0.25, 0.3) is 0 Å². The number of carbonyl (C=O) groups is 1. The summed E-state index contributed by atoms with van der Waals surface area (Å²) in [7, 11) is 0. The maximum atomic E-state index is 12.9. The fourth-order valence-corrected chi connectivity index (χ4v) is 7.49. The summed E-state index contributed by atoms with van der Waals surface area (Å²) >= 11 is 1.43. The van der Waals surface area contributed by atoms with Crippen molar-refractivity contribution in [3.05, 3.63) is 30.5 Å². The van der Waals surface area contributed by atoms with Gasteiger partial charge in [-0.3, -0.25) is 9.36 Å². The molecule has 2 aromatic heterocycles. The molecule has 166 valence electrons. The number of aryl methyl sites for hydroxylation is 1. The first-order valence-electron chi connectivity index (χ1n) is 11.5. The summed E-state index contributed by atoms with van der Waals surface area (Å²) in [6.07, 6.45) is 11.6. The van der Waals surface area contributed by atoms with E-state index in [1.807, 2.05) is 23.6 Å². The summed E-state index contributed by atoms with van der Waals surface area (Å²) in [6.45, 7) is 8.63.